The molecule has 0 N–H and O–H groups in total. The molecule has 0 bridgehead atoms. The Bertz CT molecular complexity index is 627. The van der Waals surface area contributed by atoms with Crippen LogP contribution < -0.4 is 0 Å². The van der Waals surface area contributed by atoms with Crippen LogP contribution in [0.25, 0.3) is 0 Å². The smallest absolute Gasteiger partial charge is 0.124 e. The number of hydrogen-bond donors (Lipinski definition) is 0. The predicted molar refractivity (Wildman–Crippen MR) is 87.3 cm³/mol. The molecule has 0 aromatic heterocycles. The van der Waals surface area contributed by atoms with E-state index in [1.807, 2.05) is 6.07 Å². The van der Waals surface area contributed by atoms with Crippen molar-refractivity contribution in [2.24, 2.45) is 0 Å². The highest BCUT2D eigenvalue weighted by molar-refractivity contribution is 9.10. The van der Waals surface area contributed by atoms with Crippen molar-refractivity contribution < 1.29 is 8.78 Å². The molecular weight excluding hydrogens is 381 g/mol. The third-order valence-corrected chi connectivity index (χ3v) is 5.25. The van der Waals surface area contributed by atoms with Crippen molar-refractivity contribution >= 4 is 39.1 Å². The van der Waals surface area contributed by atoms with Gasteiger partial charge in [0.2, 0.25) is 0 Å². The van der Waals surface area contributed by atoms with Crippen LogP contribution in [0.1, 0.15) is 11.1 Å². The minimum absolute atomic E-state index is 0.240. The lowest BCUT2D eigenvalue weighted by atomic mass is 9.78. The van der Waals surface area contributed by atoms with E-state index in [0.717, 1.165) is 11.1 Å². The third kappa shape index (κ3) is 3.77. The highest BCUT2D eigenvalue weighted by Gasteiger charge is 2.32. The van der Waals surface area contributed by atoms with E-state index in [-0.39, 0.29) is 23.4 Å². The zero-order valence-electron chi connectivity index (χ0n) is 11.1. The summed E-state index contributed by atoms with van der Waals surface area (Å²) in [5, 5.41) is 0. The van der Waals surface area contributed by atoms with Gasteiger partial charge in [-0.25, -0.2) is 8.78 Å². The van der Waals surface area contributed by atoms with Crippen molar-refractivity contribution in [1.82, 2.24) is 0 Å². The van der Waals surface area contributed by atoms with Crippen molar-refractivity contribution in [3.05, 3.63) is 69.7 Å². The van der Waals surface area contributed by atoms with E-state index < -0.39 is 5.41 Å². The van der Waals surface area contributed by atoms with Crippen LogP contribution in [-0.2, 0) is 11.8 Å². The predicted octanol–water partition coefficient (Wildman–Crippen LogP) is 5.69. The standard InChI is InChI=1S/C16H13BrCl2F2/c17-15-7-14(21)5-4-11(15)8-16(9-18,10-19)12-2-1-3-13(20)6-12/h1-7H,8-10H2. The van der Waals surface area contributed by atoms with Gasteiger partial charge in [-0.05, 0) is 41.8 Å². The summed E-state index contributed by atoms with van der Waals surface area (Å²) in [7, 11) is 0. The molecule has 0 nitrogen and oxygen atoms in total. The van der Waals surface area contributed by atoms with Gasteiger partial charge in [0.1, 0.15) is 11.6 Å². The fourth-order valence-electron chi connectivity index (χ4n) is 2.23. The van der Waals surface area contributed by atoms with Crippen molar-refractivity contribution in [1.29, 1.82) is 0 Å². The van der Waals surface area contributed by atoms with E-state index in [1.165, 1.54) is 24.3 Å². The van der Waals surface area contributed by atoms with Crippen molar-refractivity contribution in [2.45, 2.75) is 11.8 Å². The quantitative estimate of drug-likeness (QED) is 0.572. The molecule has 0 unspecified atom stereocenters. The summed E-state index contributed by atoms with van der Waals surface area (Å²) in [6, 6.07) is 10.7. The Kier molecular flexibility index (Phi) is 5.64. The lowest BCUT2D eigenvalue weighted by Gasteiger charge is -2.31. The van der Waals surface area contributed by atoms with Crippen LogP contribution in [0.3, 0.4) is 0 Å². The van der Waals surface area contributed by atoms with Gasteiger partial charge in [-0.1, -0.05) is 34.1 Å². The molecule has 2 aromatic carbocycles. The summed E-state index contributed by atoms with van der Waals surface area (Å²) >= 11 is 15.6. The van der Waals surface area contributed by atoms with E-state index in [4.69, 9.17) is 23.2 Å². The van der Waals surface area contributed by atoms with Crippen molar-refractivity contribution in [3.63, 3.8) is 0 Å². The van der Waals surface area contributed by atoms with E-state index in [2.05, 4.69) is 15.9 Å². The van der Waals surface area contributed by atoms with E-state index in [1.54, 1.807) is 12.1 Å². The van der Waals surface area contributed by atoms with Crippen LogP contribution in [0.4, 0.5) is 8.78 Å². The first-order valence-corrected chi connectivity index (χ1v) is 8.19. The van der Waals surface area contributed by atoms with Gasteiger partial charge in [0.25, 0.3) is 0 Å². The Morgan fingerprint density at radius 2 is 1.62 bits per heavy atom. The van der Waals surface area contributed by atoms with Gasteiger partial charge in [0, 0.05) is 21.6 Å². The van der Waals surface area contributed by atoms with Gasteiger partial charge in [-0.2, -0.15) is 0 Å². The van der Waals surface area contributed by atoms with Gasteiger partial charge in [0.15, 0.2) is 0 Å². The van der Waals surface area contributed by atoms with Gasteiger partial charge in [-0.15, -0.1) is 23.2 Å². The van der Waals surface area contributed by atoms with E-state index in [9.17, 15) is 8.78 Å². The Morgan fingerprint density at radius 3 is 2.19 bits per heavy atom. The second kappa shape index (κ2) is 7.08. The maximum Gasteiger partial charge on any atom is 0.124 e. The molecule has 0 fully saturated rings. The molecule has 112 valence electrons. The van der Waals surface area contributed by atoms with Crippen LogP contribution >= 0.6 is 39.1 Å². The van der Waals surface area contributed by atoms with E-state index >= 15 is 0 Å². The molecular formula is C16H13BrCl2F2. The SMILES string of the molecule is Fc1cccc(C(CCl)(CCl)Cc2ccc(F)cc2Br)c1. The molecule has 0 aliphatic rings. The monoisotopic (exact) mass is 392 g/mol. The van der Waals surface area contributed by atoms with Crippen molar-refractivity contribution in [3.8, 4) is 0 Å². The topological polar surface area (TPSA) is 0 Å². The minimum Gasteiger partial charge on any atom is -0.207 e. The average molecular weight is 394 g/mol. The molecule has 0 aliphatic heterocycles. The zero-order valence-corrected chi connectivity index (χ0v) is 14.2. The normalized spacial score (nSPS) is 11.7. The number of benzene rings is 2. The largest absolute Gasteiger partial charge is 0.207 e. The van der Waals surface area contributed by atoms with Crippen LogP contribution in [0.5, 0.6) is 0 Å². The third-order valence-electron chi connectivity index (χ3n) is 3.49. The fraction of sp³-hybridized carbons (Fsp3) is 0.250. The second-order valence-electron chi connectivity index (χ2n) is 4.97. The molecule has 0 heterocycles. The van der Waals surface area contributed by atoms with Gasteiger partial charge in [-0.3, -0.25) is 0 Å². The maximum absolute atomic E-state index is 13.5. The summed E-state index contributed by atoms with van der Waals surface area (Å²) in [6.45, 7) is 0. The highest BCUT2D eigenvalue weighted by Crippen LogP contribution is 2.34. The summed E-state index contributed by atoms with van der Waals surface area (Å²) in [5.41, 5.74) is 1.01. The molecule has 0 amide bonds. The average Bonchev–Trinajstić information content (AvgIpc) is 2.47. The lowest BCUT2D eigenvalue weighted by molar-refractivity contribution is 0.526. The summed E-state index contributed by atoms with van der Waals surface area (Å²) in [4.78, 5) is 0. The highest BCUT2D eigenvalue weighted by atomic mass is 79.9. The van der Waals surface area contributed by atoms with Gasteiger partial charge < -0.3 is 0 Å². The van der Waals surface area contributed by atoms with Crippen LogP contribution in [-0.4, -0.2) is 11.8 Å². The lowest BCUT2D eigenvalue weighted by Crippen LogP contribution is -2.33. The number of hydrogen-bond acceptors (Lipinski definition) is 0. The zero-order chi connectivity index (χ0) is 15.5. The first-order chi connectivity index (χ1) is 10.0. The van der Waals surface area contributed by atoms with Gasteiger partial charge >= 0.3 is 0 Å². The van der Waals surface area contributed by atoms with Crippen molar-refractivity contribution in [2.75, 3.05) is 11.8 Å². The molecule has 0 spiro atoms. The number of halogens is 5. The number of rotatable bonds is 5. The summed E-state index contributed by atoms with van der Waals surface area (Å²) in [5.74, 6) is -0.169. The molecule has 2 rings (SSSR count). The first-order valence-electron chi connectivity index (χ1n) is 6.33. The van der Waals surface area contributed by atoms with E-state index in [0.29, 0.717) is 10.9 Å². The van der Waals surface area contributed by atoms with Crippen LogP contribution in [0, 0.1) is 11.6 Å². The molecule has 0 atom stereocenters. The minimum atomic E-state index is -0.606. The van der Waals surface area contributed by atoms with Gasteiger partial charge in [0.05, 0.1) is 0 Å². The summed E-state index contributed by atoms with van der Waals surface area (Å²) in [6.07, 6.45) is 0.490. The number of alkyl halides is 2. The Hall–Kier alpha value is -0.640. The molecule has 21 heavy (non-hydrogen) atoms. The molecule has 0 radical (unpaired) electrons. The Labute approximate surface area is 141 Å². The molecule has 0 saturated carbocycles. The molecule has 5 heteroatoms. The molecule has 0 aliphatic carbocycles. The molecule has 0 saturated heterocycles. The fourth-order valence-corrected chi connectivity index (χ4v) is 3.51. The molecule has 2 aromatic rings. The first kappa shape index (κ1) is 16.7. The summed E-state index contributed by atoms with van der Waals surface area (Å²) < 4.78 is 27.3. The maximum atomic E-state index is 13.5. The van der Waals surface area contributed by atoms with Crippen LogP contribution in [0.15, 0.2) is 46.9 Å². The Balaban J connectivity index is 2.43. The Morgan fingerprint density at radius 1 is 0.952 bits per heavy atom. The second-order valence-corrected chi connectivity index (χ2v) is 6.36. The van der Waals surface area contributed by atoms with Crippen LogP contribution in [0.2, 0.25) is 0 Å².